The van der Waals surface area contributed by atoms with Crippen LogP contribution in [0.15, 0.2) is 84.9 Å². The first kappa shape index (κ1) is 15.4. The normalized spacial score (nSPS) is 20.8. The summed E-state index contributed by atoms with van der Waals surface area (Å²) in [4.78, 5) is 13.3. The Labute approximate surface area is 153 Å². The van der Waals surface area contributed by atoms with Crippen molar-refractivity contribution in [1.82, 2.24) is 0 Å². The molecule has 5 rings (SSSR count). The van der Waals surface area contributed by atoms with Gasteiger partial charge in [0.15, 0.2) is 0 Å². The van der Waals surface area contributed by atoms with E-state index in [1.807, 2.05) is 77.5 Å². The van der Waals surface area contributed by atoms with Gasteiger partial charge in [0.2, 0.25) is 0 Å². The van der Waals surface area contributed by atoms with E-state index in [2.05, 4.69) is 16.8 Å². The zero-order valence-electron chi connectivity index (χ0n) is 14.0. The zero-order chi connectivity index (χ0) is 17.5. The summed E-state index contributed by atoms with van der Waals surface area (Å²) >= 11 is 0. The number of nitrogens with zero attached hydrogens (tertiary/aromatic N) is 2. The first-order chi connectivity index (χ1) is 12.8. The summed E-state index contributed by atoms with van der Waals surface area (Å²) in [5, 5.41) is 0. The lowest BCUT2D eigenvalue weighted by atomic mass is 10.1. The number of anilines is 2. The molecule has 0 unspecified atom stereocenters. The van der Waals surface area contributed by atoms with E-state index in [9.17, 15) is 4.79 Å². The summed E-state index contributed by atoms with van der Waals surface area (Å²) in [5.41, 5.74) is 3.19. The molecule has 4 nitrogen and oxygen atoms in total. The molecule has 0 N–H and O–H groups in total. The second kappa shape index (κ2) is 6.15. The molecule has 3 aromatic carbocycles. The Hall–Kier alpha value is -2.84. The van der Waals surface area contributed by atoms with Gasteiger partial charge in [0.25, 0.3) is 5.91 Å². The van der Waals surface area contributed by atoms with E-state index < -0.39 is 8.45 Å². The van der Waals surface area contributed by atoms with E-state index in [0.717, 1.165) is 23.5 Å². The van der Waals surface area contributed by atoms with Crippen LogP contribution in [-0.4, -0.2) is 11.9 Å². The van der Waals surface area contributed by atoms with Gasteiger partial charge < -0.3 is 4.52 Å². The maximum Gasteiger partial charge on any atom is 0.317 e. The summed E-state index contributed by atoms with van der Waals surface area (Å²) in [5.74, 6) is 0.881. The van der Waals surface area contributed by atoms with E-state index in [-0.39, 0.29) is 11.9 Å². The van der Waals surface area contributed by atoms with Gasteiger partial charge in [-0.3, -0.25) is 9.46 Å². The molecule has 1 amide bonds. The number of carbonyl (C=O) groups is 1. The van der Waals surface area contributed by atoms with Crippen LogP contribution in [0.3, 0.4) is 0 Å². The predicted octanol–water partition coefficient (Wildman–Crippen LogP) is 4.77. The minimum atomic E-state index is -1.31. The molecule has 26 heavy (non-hydrogen) atoms. The Balaban J connectivity index is 1.60. The van der Waals surface area contributed by atoms with E-state index in [4.69, 9.17) is 4.52 Å². The van der Waals surface area contributed by atoms with Crippen molar-refractivity contribution in [3.63, 3.8) is 0 Å². The van der Waals surface area contributed by atoms with Gasteiger partial charge in [-0.25, -0.2) is 4.67 Å². The monoisotopic (exact) mass is 360 g/mol. The first-order valence-corrected chi connectivity index (χ1v) is 9.78. The Kier molecular flexibility index (Phi) is 3.65. The topological polar surface area (TPSA) is 32.8 Å². The van der Waals surface area contributed by atoms with Crippen molar-refractivity contribution in [3.05, 3.63) is 90.5 Å². The lowest BCUT2D eigenvalue weighted by molar-refractivity contribution is -0.117. The van der Waals surface area contributed by atoms with Gasteiger partial charge in [0.05, 0.1) is 5.69 Å². The largest absolute Gasteiger partial charge is 0.436 e. The summed E-state index contributed by atoms with van der Waals surface area (Å²) in [6.45, 7) is 0. The molecule has 0 radical (unpaired) electrons. The van der Waals surface area contributed by atoms with Crippen molar-refractivity contribution in [2.24, 2.45) is 0 Å². The number of carbonyl (C=O) groups excluding carboxylic acids is 1. The van der Waals surface area contributed by atoms with Crippen LogP contribution in [0.25, 0.3) is 0 Å². The van der Waals surface area contributed by atoms with Crippen LogP contribution < -0.4 is 13.9 Å². The quantitative estimate of drug-likeness (QED) is 0.631. The maximum atomic E-state index is 13.3. The van der Waals surface area contributed by atoms with Gasteiger partial charge in [-0.2, -0.15) is 0 Å². The van der Waals surface area contributed by atoms with Crippen LogP contribution in [0.2, 0.25) is 0 Å². The maximum absolute atomic E-state index is 13.3. The zero-order valence-corrected chi connectivity index (χ0v) is 14.9. The van der Waals surface area contributed by atoms with Crippen LogP contribution in [-0.2, 0) is 11.2 Å². The van der Waals surface area contributed by atoms with Crippen LogP contribution in [0.1, 0.15) is 5.56 Å². The van der Waals surface area contributed by atoms with Crippen LogP contribution in [0.4, 0.5) is 11.4 Å². The minimum absolute atomic E-state index is 0.106. The van der Waals surface area contributed by atoms with E-state index in [0.29, 0.717) is 0 Å². The third-order valence-corrected chi connectivity index (χ3v) is 6.73. The summed E-state index contributed by atoms with van der Waals surface area (Å²) in [6, 6.07) is 27.6. The fourth-order valence-corrected chi connectivity index (χ4v) is 5.65. The molecule has 0 aromatic heterocycles. The highest BCUT2D eigenvalue weighted by Gasteiger charge is 2.53. The average molecular weight is 360 g/mol. The molecule has 0 aliphatic carbocycles. The molecule has 2 aliphatic rings. The number of hydrogen-bond acceptors (Lipinski definition) is 3. The smallest absolute Gasteiger partial charge is 0.317 e. The van der Waals surface area contributed by atoms with Gasteiger partial charge in [0, 0.05) is 12.1 Å². The van der Waals surface area contributed by atoms with E-state index in [1.165, 1.54) is 5.56 Å². The summed E-state index contributed by atoms with van der Waals surface area (Å²) in [7, 11) is -1.31. The highest BCUT2D eigenvalue weighted by molar-refractivity contribution is 7.58. The SMILES string of the molecule is O=C1[C@@H]2Cc3ccccc3N2[P@@](Oc2ccccc2)N1c1ccccc1. The van der Waals surface area contributed by atoms with Gasteiger partial charge in [0.1, 0.15) is 11.8 Å². The Bertz CT molecular complexity index is 948. The second-order valence-electron chi connectivity index (χ2n) is 6.34. The highest BCUT2D eigenvalue weighted by Crippen LogP contribution is 2.59. The molecular weight excluding hydrogens is 343 g/mol. The first-order valence-electron chi connectivity index (χ1n) is 8.62. The number of amides is 1. The molecule has 0 spiro atoms. The Morgan fingerprint density at radius 1 is 0.846 bits per heavy atom. The van der Waals surface area contributed by atoms with Crippen molar-refractivity contribution >= 4 is 25.7 Å². The molecular formula is C21H17N2O2P. The minimum Gasteiger partial charge on any atom is -0.436 e. The van der Waals surface area contributed by atoms with Crippen molar-refractivity contribution in [2.45, 2.75) is 12.5 Å². The highest BCUT2D eigenvalue weighted by atomic mass is 31.2. The van der Waals surface area contributed by atoms with Gasteiger partial charge in [-0.05, 0) is 35.9 Å². The van der Waals surface area contributed by atoms with Crippen molar-refractivity contribution in [1.29, 1.82) is 0 Å². The fraction of sp³-hybridized carbons (Fsp3) is 0.0952. The summed E-state index contributed by atoms with van der Waals surface area (Å²) < 4.78 is 10.4. The van der Waals surface area contributed by atoms with Gasteiger partial charge in [-0.1, -0.05) is 54.6 Å². The molecule has 1 saturated heterocycles. The van der Waals surface area contributed by atoms with Crippen LogP contribution in [0.5, 0.6) is 5.75 Å². The number of fused-ring (bicyclic) bond motifs is 3. The van der Waals surface area contributed by atoms with Crippen molar-refractivity contribution in [2.75, 3.05) is 9.34 Å². The number of benzene rings is 3. The molecule has 2 heterocycles. The molecule has 3 aromatic rings. The number of para-hydroxylation sites is 3. The molecule has 2 aliphatic heterocycles. The predicted molar refractivity (Wildman–Crippen MR) is 104 cm³/mol. The third-order valence-electron chi connectivity index (χ3n) is 4.73. The molecule has 128 valence electrons. The average Bonchev–Trinajstić information content (AvgIpc) is 3.19. The van der Waals surface area contributed by atoms with Crippen molar-refractivity contribution < 1.29 is 9.32 Å². The lowest BCUT2D eigenvalue weighted by Crippen LogP contribution is -2.30. The van der Waals surface area contributed by atoms with Crippen LogP contribution in [0, 0.1) is 0 Å². The van der Waals surface area contributed by atoms with E-state index in [1.54, 1.807) is 0 Å². The van der Waals surface area contributed by atoms with Crippen LogP contribution >= 0.6 is 8.45 Å². The Morgan fingerprint density at radius 2 is 1.50 bits per heavy atom. The Morgan fingerprint density at radius 3 is 2.27 bits per heavy atom. The molecule has 0 bridgehead atoms. The number of rotatable bonds is 3. The molecule has 1 fully saturated rings. The lowest BCUT2D eigenvalue weighted by Gasteiger charge is -2.29. The second-order valence-corrected chi connectivity index (χ2v) is 7.85. The third kappa shape index (κ3) is 2.38. The van der Waals surface area contributed by atoms with Gasteiger partial charge in [-0.15, -0.1) is 0 Å². The standard InChI is InChI=1S/C21H17N2O2P/c24-21-20-15-16-9-7-8-14-19(16)23(20)26(25-18-12-5-2-6-13-18)22(21)17-10-3-1-4-11-17/h1-14,20H,15H2/t20-,26-/m0/s1. The van der Waals surface area contributed by atoms with Crippen molar-refractivity contribution in [3.8, 4) is 5.75 Å². The molecule has 0 saturated carbocycles. The summed E-state index contributed by atoms with van der Waals surface area (Å²) in [6.07, 6.45) is 0.731. The number of hydrogen-bond donors (Lipinski definition) is 0. The van der Waals surface area contributed by atoms with E-state index >= 15 is 0 Å². The fourth-order valence-electron chi connectivity index (χ4n) is 3.55. The van der Waals surface area contributed by atoms with Gasteiger partial charge >= 0.3 is 8.45 Å². The molecule has 2 atom stereocenters. The molecule has 5 heteroatoms.